The minimum absolute atomic E-state index is 0.264. The van der Waals surface area contributed by atoms with Crippen LogP contribution in [-0.2, 0) is 0 Å². The van der Waals surface area contributed by atoms with Crippen LogP contribution < -0.4 is 10.1 Å². The molecule has 5 nitrogen and oxygen atoms in total. The number of aromatic nitrogens is 2. The molecule has 0 saturated carbocycles. The van der Waals surface area contributed by atoms with Gasteiger partial charge in [-0.2, -0.15) is 0 Å². The molecule has 0 aliphatic carbocycles. The van der Waals surface area contributed by atoms with Gasteiger partial charge in [-0.25, -0.2) is 9.97 Å². The third kappa shape index (κ3) is 2.63. The lowest BCUT2D eigenvalue weighted by atomic mass is 10.2. The summed E-state index contributed by atoms with van der Waals surface area (Å²) in [6.45, 7) is 1.95. The van der Waals surface area contributed by atoms with Crippen LogP contribution in [0.15, 0.2) is 36.9 Å². The molecule has 0 radical (unpaired) electrons. The summed E-state index contributed by atoms with van der Waals surface area (Å²) in [5.41, 5.74) is 2.07. The van der Waals surface area contributed by atoms with Gasteiger partial charge in [-0.1, -0.05) is 6.07 Å². The van der Waals surface area contributed by atoms with Crippen molar-refractivity contribution in [1.82, 2.24) is 9.97 Å². The first-order valence-corrected chi connectivity index (χ1v) is 5.41. The molecule has 0 unspecified atom stereocenters. The summed E-state index contributed by atoms with van der Waals surface area (Å²) in [4.78, 5) is 19.6. The van der Waals surface area contributed by atoms with Gasteiger partial charge in [0.2, 0.25) is 0 Å². The molecule has 0 saturated heterocycles. The van der Waals surface area contributed by atoms with E-state index in [0.717, 1.165) is 5.56 Å². The highest BCUT2D eigenvalue weighted by molar-refractivity contribution is 6.04. The fourth-order valence-electron chi connectivity index (χ4n) is 1.53. The summed E-state index contributed by atoms with van der Waals surface area (Å²) in [5.74, 6) is 0.352. The molecule has 0 atom stereocenters. The van der Waals surface area contributed by atoms with Gasteiger partial charge in [0, 0.05) is 12.4 Å². The van der Waals surface area contributed by atoms with Crippen molar-refractivity contribution >= 4 is 11.6 Å². The molecule has 0 bridgehead atoms. The van der Waals surface area contributed by atoms with Crippen molar-refractivity contribution in [1.29, 1.82) is 0 Å². The number of hydrogen-bond acceptors (Lipinski definition) is 4. The number of aryl methyl sites for hydroxylation is 1. The van der Waals surface area contributed by atoms with Gasteiger partial charge in [0.25, 0.3) is 5.91 Å². The molecular formula is C13H13N3O2. The number of anilines is 1. The fraction of sp³-hybridized carbons (Fsp3) is 0.154. The number of carbonyl (C=O) groups excluding carboxylic acids is 1. The molecule has 18 heavy (non-hydrogen) atoms. The number of amides is 1. The second-order valence-corrected chi connectivity index (χ2v) is 3.79. The number of rotatable bonds is 3. The van der Waals surface area contributed by atoms with Gasteiger partial charge in [0.05, 0.1) is 18.4 Å². The zero-order valence-electron chi connectivity index (χ0n) is 10.2. The molecule has 2 rings (SSSR count). The zero-order chi connectivity index (χ0) is 13.0. The van der Waals surface area contributed by atoms with Crippen molar-refractivity contribution in [3.05, 3.63) is 48.0 Å². The third-order valence-corrected chi connectivity index (χ3v) is 2.43. The van der Waals surface area contributed by atoms with Crippen LogP contribution >= 0.6 is 0 Å². The molecular weight excluding hydrogens is 230 g/mol. The number of methoxy groups -OCH3 is 1. The van der Waals surface area contributed by atoms with Crippen LogP contribution in [-0.4, -0.2) is 23.0 Å². The lowest BCUT2D eigenvalue weighted by Gasteiger charge is -2.10. The normalized spacial score (nSPS) is 9.89. The SMILES string of the molecule is COc1ccc(C)cc1NC(=O)c1cncnc1. The van der Waals surface area contributed by atoms with Gasteiger partial charge in [0.15, 0.2) is 0 Å². The lowest BCUT2D eigenvalue weighted by molar-refractivity contribution is 0.102. The Morgan fingerprint density at radius 3 is 2.67 bits per heavy atom. The quantitative estimate of drug-likeness (QED) is 0.896. The number of ether oxygens (including phenoxy) is 1. The molecule has 1 amide bonds. The van der Waals surface area contributed by atoms with E-state index in [-0.39, 0.29) is 5.91 Å². The monoisotopic (exact) mass is 243 g/mol. The average molecular weight is 243 g/mol. The van der Waals surface area contributed by atoms with Gasteiger partial charge in [-0.05, 0) is 24.6 Å². The van der Waals surface area contributed by atoms with Crippen LogP contribution in [0.4, 0.5) is 5.69 Å². The molecule has 92 valence electrons. The van der Waals surface area contributed by atoms with Gasteiger partial charge in [0.1, 0.15) is 12.1 Å². The Hall–Kier alpha value is -2.43. The molecule has 2 aromatic rings. The van der Waals surface area contributed by atoms with Crippen LogP contribution in [0.5, 0.6) is 5.75 Å². The Morgan fingerprint density at radius 2 is 2.00 bits per heavy atom. The maximum Gasteiger partial charge on any atom is 0.258 e. The smallest absolute Gasteiger partial charge is 0.258 e. The maximum absolute atomic E-state index is 11.9. The van der Waals surface area contributed by atoms with Crippen molar-refractivity contribution in [2.75, 3.05) is 12.4 Å². The topological polar surface area (TPSA) is 64.1 Å². The van der Waals surface area contributed by atoms with Gasteiger partial charge in [-0.3, -0.25) is 4.79 Å². The Kier molecular flexibility index (Phi) is 3.52. The van der Waals surface area contributed by atoms with Crippen molar-refractivity contribution in [3.8, 4) is 5.75 Å². The highest BCUT2D eigenvalue weighted by Gasteiger charge is 2.10. The number of nitrogens with one attached hydrogen (secondary N) is 1. The van der Waals surface area contributed by atoms with Crippen molar-refractivity contribution in [2.45, 2.75) is 6.92 Å². The minimum atomic E-state index is -0.264. The summed E-state index contributed by atoms with van der Waals surface area (Å²) in [5, 5.41) is 2.77. The zero-order valence-corrected chi connectivity index (χ0v) is 10.2. The molecule has 1 heterocycles. The standard InChI is InChI=1S/C13H13N3O2/c1-9-3-4-12(18-2)11(5-9)16-13(17)10-6-14-8-15-7-10/h3-8H,1-2H3,(H,16,17). The Bertz CT molecular complexity index is 555. The first-order valence-electron chi connectivity index (χ1n) is 5.41. The van der Waals surface area contributed by atoms with Gasteiger partial charge in [-0.15, -0.1) is 0 Å². The van der Waals surface area contributed by atoms with Crippen LogP contribution in [0.1, 0.15) is 15.9 Å². The Morgan fingerprint density at radius 1 is 1.28 bits per heavy atom. The summed E-state index contributed by atoms with van der Waals surface area (Å²) in [6.07, 6.45) is 4.30. The van der Waals surface area contributed by atoms with Crippen LogP contribution in [0.3, 0.4) is 0 Å². The summed E-state index contributed by atoms with van der Waals surface area (Å²) < 4.78 is 5.19. The molecule has 0 spiro atoms. The Labute approximate surface area is 105 Å². The number of nitrogens with zero attached hydrogens (tertiary/aromatic N) is 2. The van der Waals surface area contributed by atoms with E-state index in [1.807, 2.05) is 25.1 Å². The van der Waals surface area contributed by atoms with Crippen molar-refractivity contribution < 1.29 is 9.53 Å². The van der Waals surface area contributed by atoms with E-state index in [4.69, 9.17) is 4.74 Å². The van der Waals surface area contributed by atoms with E-state index in [1.54, 1.807) is 7.11 Å². The van der Waals surface area contributed by atoms with E-state index in [9.17, 15) is 4.79 Å². The largest absolute Gasteiger partial charge is 0.495 e. The first kappa shape index (κ1) is 12.0. The van der Waals surface area contributed by atoms with Crippen LogP contribution in [0.25, 0.3) is 0 Å². The van der Waals surface area contributed by atoms with Gasteiger partial charge >= 0.3 is 0 Å². The highest BCUT2D eigenvalue weighted by atomic mass is 16.5. The Balaban J connectivity index is 2.24. The van der Waals surface area contributed by atoms with E-state index in [0.29, 0.717) is 17.0 Å². The predicted molar refractivity (Wildman–Crippen MR) is 67.7 cm³/mol. The molecule has 1 aromatic carbocycles. The minimum Gasteiger partial charge on any atom is -0.495 e. The lowest BCUT2D eigenvalue weighted by Crippen LogP contribution is -2.13. The van der Waals surface area contributed by atoms with Crippen molar-refractivity contribution in [3.63, 3.8) is 0 Å². The molecule has 1 aromatic heterocycles. The van der Waals surface area contributed by atoms with E-state index in [2.05, 4.69) is 15.3 Å². The van der Waals surface area contributed by atoms with E-state index in [1.165, 1.54) is 18.7 Å². The van der Waals surface area contributed by atoms with Gasteiger partial charge < -0.3 is 10.1 Å². The predicted octanol–water partition coefficient (Wildman–Crippen LogP) is 2.05. The highest BCUT2D eigenvalue weighted by Crippen LogP contribution is 2.25. The maximum atomic E-state index is 11.9. The molecule has 0 aliphatic rings. The van der Waals surface area contributed by atoms with E-state index >= 15 is 0 Å². The average Bonchev–Trinajstić information content (AvgIpc) is 2.40. The van der Waals surface area contributed by atoms with Crippen molar-refractivity contribution in [2.24, 2.45) is 0 Å². The van der Waals surface area contributed by atoms with E-state index < -0.39 is 0 Å². The molecule has 0 aliphatic heterocycles. The summed E-state index contributed by atoms with van der Waals surface area (Å²) in [6, 6.07) is 5.58. The summed E-state index contributed by atoms with van der Waals surface area (Å²) >= 11 is 0. The molecule has 0 fully saturated rings. The second kappa shape index (κ2) is 5.27. The number of hydrogen-bond donors (Lipinski definition) is 1. The molecule has 5 heteroatoms. The molecule has 1 N–H and O–H groups in total. The number of carbonyl (C=O) groups is 1. The summed E-state index contributed by atoms with van der Waals surface area (Å²) in [7, 11) is 1.56. The first-order chi connectivity index (χ1) is 8.70. The second-order valence-electron chi connectivity index (χ2n) is 3.79. The van der Waals surface area contributed by atoms with Crippen LogP contribution in [0, 0.1) is 6.92 Å². The third-order valence-electron chi connectivity index (χ3n) is 2.43. The fourth-order valence-corrected chi connectivity index (χ4v) is 1.53. The van der Waals surface area contributed by atoms with Crippen LogP contribution in [0.2, 0.25) is 0 Å². The number of benzene rings is 1.